The van der Waals surface area contributed by atoms with Crippen LogP contribution in [0.15, 0.2) is 12.2 Å². The summed E-state index contributed by atoms with van der Waals surface area (Å²) in [6.07, 6.45) is 42.5. The molecule has 0 radical (unpaired) electrons. The number of carboxylic acid groups (broad SMARTS) is 1. The van der Waals surface area contributed by atoms with Gasteiger partial charge in [0.2, 0.25) is 5.91 Å². The molecule has 2 N–H and O–H groups in total. The quantitative estimate of drug-likeness (QED) is 0.0392. The molecule has 0 aliphatic carbocycles. The number of nitrogens with one attached hydrogen (secondary N) is 1. The van der Waals surface area contributed by atoms with Gasteiger partial charge in [0.15, 0.2) is 0 Å². The van der Waals surface area contributed by atoms with Crippen LogP contribution in [0.25, 0.3) is 0 Å². The smallest absolute Gasteiger partial charge is 0.322 e. The average Bonchev–Trinajstić information content (AvgIpc) is 3.05. The van der Waals surface area contributed by atoms with Crippen LogP contribution in [0.3, 0.4) is 0 Å². The summed E-state index contributed by atoms with van der Waals surface area (Å²) in [4.78, 5) is 34.7. The summed E-state index contributed by atoms with van der Waals surface area (Å²) >= 11 is 0. The Labute approximate surface area is 291 Å². The van der Waals surface area contributed by atoms with Gasteiger partial charge in [-0.15, -0.1) is 0 Å². The van der Waals surface area contributed by atoms with Crippen molar-refractivity contribution in [2.75, 3.05) is 6.54 Å². The van der Waals surface area contributed by atoms with Crippen LogP contribution in [0.2, 0.25) is 0 Å². The molecule has 1 amide bonds. The molecule has 0 aromatic rings. The number of esters is 1. The molecule has 0 saturated carbocycles. The van der Waals surface area contributed by atoms with Crippen molar-refractivity contribution < 1.29 is 24.2 Å². The largest absolute Gasteiger partial charge is 0.480 e. The van der Waals surface area contributed by atoms with E-state index in [0.717, 1.165) is 64.2 Å². The zero-order valence-electron chi connectivity index (χ0n) is 31.1. The van der Waals surface area contributed by atoms with Gasteiger partial charge < -0.3 is 15.2 Å². The van der Waals surface area contributed by atoms with Gasteiger partial charge >= 0.3 is 11.9 Å². The molecule has 0 heterocycles. The zero-order chi connectivity index (χ0) is 34.5. The molecule has 0 spiro atoms. The molecule has 0 saturated heterocycles. The van der Waals surface area contributed by atoms with Gasteiger partial charge in [0.25, 0.3) is 0 Å². The van der Waals surface area contributed by atoms with Crippen molar-refractivity contribution in [3.05, 3.63) is 12.2 Å². The van der Waals surface area contributed by atoms with Crippen molar-refractivity contribution in [2.45, 2.75) is 225 Å². The number of hydrogen-bond acceptors (Lipinski definition) is 4. The maximum atomic E-state index is 12.5. The minimum absolute atomic E-state index is 0.0848. The van der Waals surface area contributed by atoms with Crippen LogP contribution >= 0.6 is 0 Å². The Morgan fingerprint density at radius 3 is 1.40 bits per heavy atom. The van der Waals surface area contributed by atoms with Gasteiger partial charge in [-0.2, -0.15) is 0 Å². The first-order valence-electron chi connectivity index (χ1n) is 20.3. The van der Waals surface area contributed by atoms with E-state index in [0.29, 0.717) is 12.8 Å². The predicted octanol–water partition coefficient (Wildman–Crippen LogP) is 12.2. The first kappa shape index (κ1) is 45.2. The number of allylic oxidation sites excluding steroid dienone is 1. The van der Waals surface area contributed by atoms with Gasteiger partial charge in [-0.3, -0.25) is 14.4 Å². The first-order chi connectivity index (χ1) is 23.0. The fraction of sp³-hybridized carbons (Fsp3) is 0.878. The van der Waals surface area contributed by atoms with E-state index in [4.69, 9.17) is 9.84 Å². The summed E-state index contributed by atoms with van der Waals surface area (Å²) < 4.78 is 5.83. The number of unbranched alkanes of at least 4 members (excludes halogenated alkanes) is 26. The fourth-order valence-corrected chi connectivity index (χ4v) is 6.12. The highest BCUT2D eigenvalue weighted by Crippen LogP contribution is 2.17. The summed E-state index contributed by atoms with van der Waals surface area (Å²) in [5.41, 5.74) is 0. The highest BCUT2D eigenvalue weighted by molar-refractivity contribution is 5.80. The first-order valence-corrected chi connectivity index (χ1v) is 20.3. The second kappa shape index (κ2) is 37.0. The van der Waals surface area contributed by atoms with E-state index in [1.807, 2.05) is 0 Å². The molecule has 0 aromatic heterocycles. The van der Waals surface area contributed by atoms with Gasteiger partial charge in [-0.25, -0.2) is 0 Å². The van der Waals surface area contributed by atoms with Crippen LogP contribution < -0.4 is 5.32 Å². The summed E-state index contributed by atoms with van der Waals surface area (Å²) in [6, 6.07) is 0. The molecule has 1 unspecified atom stereocenters. The Kier molecular flexibility index (Phi) is 35.5. The Morgan fingerprint density at radius 1 is 0.553 bits per heavy atom. The van der Waals surface area contributed by atoms with Gasteiger partial charge in [-0.1, -0.05) is 180 Å². The van der Waals surface area contributed by atoms with E-state index >= 15 is 0 Å². The number of carbonyl (C=O) groups excluding carboxylic acids is 2. The number of carbonyl (C=O) groups is 3. The molecule has 0 aliphatic heterocycles. The van der Waals surface area contributed by atoms with Gasteiger partial charge in [0, 0.05) is 12.8 Å². The van der Waals surface area contributed by atoms with Gasteiger partial charge in [0.1, 0.15) is 12.6 Å². The molecule has 6 nitrogen and oxygen atoms in total. The number of ether oxygens (including phenoxy) is 1. The molecule has 0 bridgehead atoms. The van der Waals surface area contributed by atoms with E-state index < -0.39 is 5.97 Å². The lowest BCUT2D eigenvalue weighted by molar-refractivity contribution is -0.147. The van der Waals surface area contributed by atoms with Crippen LogP contribution in [0.4, 0.5) is 0 Å². The lowest BCUT2D eigenvalue weighted by Crippen LogP contribution is -2.28. The third-order valence-corrected chi connectivity index (χ3v) is 9.17. The highest BCUT2D eigenvalue weighted by atomic mass is 16.5. The number of rotatable bonds is 37. The number of hydrogen-bond donors (Lipinski definition) is 2. The van der Waals surface area contributed by atoms with Gasteiger partial charge in [0.05, 0.1) is 0 Å². The van der Waals surface area contributed by atoms with Crippen LogP contribution in [0, 0.1) is 0 Å². The van der Waals surface area contributed by atoms with Gasteiger partial charge in [-0.05, 0) is 38.2 Å². The monoisotopic (exact) mass is 664 g/mol. The van der Waals surface area contributed by atoms with E-state index in [-0.39, 0.29) is 24.5 Å². The molecular formula is C41H77NO5. The standard InChI is InChI=1S/C41H77NO5/c1-3-5-7-9-10-11-12-13-14-15-16-17-18-19-20-21-22-23-24-25-26-32-36-41(46)47-38(33-29-8-6-4-2)34-30-27-28-31-35-39(43)42-37-40(44)45/h29,33,38H,3-28,30-32,34-37H2,1-2H3,(H,42,43)(H,44,45)/b33-29-. The lowest BCUT2D eigenvalue weighted by Gasteiger charge is -2.15. The van der Waals surface area contributed by atoms with E-state index in [1.54, 1.807) is 0 Å². The molecule has 0 aromatic carbocycles. The van der Waals surface area contributed by atoms with Crippen molar-refractivity contribution in [3.8, 4) is 0 Å². The molecule has 6 heteroatoms. The summed E-state index contributed by atoms with van der Waals surface area (Å²) in [5.74, 6) is -1.33. The molecule has 1 atom stereocenters. The topological polar surface area (TPSA) is 92.7 Å². The fourth-order valence-electron chi connectivity index (χ4n) is 6.12. The number of carboxylic acids is 1. The second-order valence-corrected chi connectivity index (χ2v) is 13.9. The number of aliphatic carboxylic acids is 1. The minimum Gasteiger partial charge on any atom is -0.480 e. The Morgan fingerprint density at radius 2 is 0.957 bits per heavy atom. The Bertz CT molecular complexity index is 737. The Hall–Kier alpha value is -1.85. The van der Waals surface area contributed by atoms with Crippen LogP contribution in [-0.2, 0) is 19.1 Å². The van der Waals surface area contributed by atoms with Crippen molar-refractivity contribution in [1.82, 2.24) is 5.32 Å². The van der Waals surface area contributed by atoms with Crippen LogP contribution in [0.5, 0.6) is 0 Å². The van der Waals surface area contributed by atoms with E-state index in [2.05, 4.69) is 31.3 Å². The predicted molar refractivity (Wildman–Crippen MR) is 199 cm³/mol. The van der Waals surface area contributed by atoms with Crippen LogP contribution in [-0.4, -0.2) is 35.6 Å². The maximum absolute atomic E-state index is 12.5. The Balaban J connectivity index is 3.71. The number of amides is 1. The molecule has 276 valence electrons. The SMILES string of the molecule is CCCC/C=C\C(CCCCCCC(=O)NCC(=O)O)OC(=O)CCCCCCCCCCCCCCCCCCCCCCCC. The molecule has 0 fully saturated rings. The van der Waals surface area contributed by atoms with Crippen molar-refractivity contribution >= 4 is 17.8 Å². The molecule has 0 rings (SSSR count). The summed E-state index contributed by atoms with van der Waals surface area (Å²) in [7, 11) is 0. The molecule has 47 heavy (non-hydrogen) atoms. The second-order valence-electron chi connectivity index (χ2n) is 13.9. The molecule has 0 aliphatic rings. The average molecular weight is 664 g/mol. The van der Waals surface area contributed by atoms with E-state index in [1.165, 1.54) is 128 Å². The lowest BCUT2D eigenvalue weighted by atomic mass is 10.0. The zero-order valence-corrected chi connectivity index (χ0v) is 31.1. The van der Waals surface area contributed by atoms with Crippen molar-refractivity contribution in [1.29, 1.82) is 0 Å². The minimum atomic E-state index is -1.03. The molecular weight excluding hydrogens is 586 g/mol. The maximum Gasteiger partial charge on any atom is 0.322 e. The van der Waals surface area contributed by atoms with Crippen molar-refractivity contribution in [3.63, 3.8) is 0 Å². The summed E-state index contributed by atoms with van der Waals surface area (Å²) in [6.45, 7) is 4.14. The third-order valence-electron chi connectivity index (χ3n) is 9.17. The van der Waals surface area contributed by atoms with Crippen molar-refractivity contribution in [2.24, 2.45) is 0 Å². The third kappa shape index (κ3) is 36.8. The van der Waals surface area contributed by atoms with Crippen LogP contribution in [0.1, 0.15) is 219 Å². The highest BCUT2D eigenvalue weighted by Gasteiger charge is 2.12. The van der Waals surface area contributed by atoms with E-state index in [9.17, 15) is 14.4 Å². The summed E-state index contributed by atoms with van der Waals surface area (Å²) in [5, 5.41) is 11.0. The normalized spacial score (nSPS) is 12.0.